The zero-order valence-electron chi connectivity index (χ0n) is 11.8. The second-order valence-electron chi connectivity index (χ2n) is 4.56. The number of hydrogen-bond donors (Lipinski definition) is 1. The maximum Gasteiger partial charge on any atom is 0.258 e. The molecular weight excluding hydrogens is 308 g/mol. The summed E-state index contributed by atoms with van der Waals surface area (Å²) in [5.74, 6) is -0.437. The molecule has 0 spiro atoms. The van der Waals surface area contributed by atoms with Crippen molar-refractivity contribution < 1.29 is 13.2 Å². The highest BCUT2D eigenvalue weighted by Crippen LogP contribution is 2.21. The van der Waals surface area contributed by atoms with Crippen molar-refractivity contribution in [3.8, 4) is 0 Å². The Kier molecular flexibility index (Phi) is 4.74. The Labute approximate surface area is 128 Å². The van der Waals surface area contributed by atoms with Crippen LogP contribution in [0.5, 0.6) is 0 Å². The molecular formula is C14H16N2O3S2. The summed E-state index contributed by atoms with van der Waals surface area (Å²) in [5, 5.41) is 4.91. The molecule has 5 nitrogen and oxygen atoms in total. The Morgan fingerprint density at radius 3 is 2.67 bits per heavy atom. The predicted octanol–water partition coefficient (Wildman–Crippen LogP) is 2.89. The zero-order valence-corrected chi connectivity index (χ0v) is 13.4. The van der Waals surface area contributed by atoms with Gasteiger partial charge in [0.1, 0.15) is 0 Å². The summed E-state index contributed by atoms with van der Waals surface area (Å²) >= 11 is 1.30. The zero-order chi connectivity index (χ0) is 15.5. The smallest absolute Gasteiger partial charge is 0.258 e. The highest BCUT2D eigenvalue weighted by molar-refractivity contribution is 7.91. The van der Waals surface area contributed by atoms with Crippen molar-refractivity contribution in [3.05, 3.63) is 40.9 Å². The van der Waals surface area contributed by atoms with Gasteiger partial charge in [-0.1, -0.05) is 19.1 Å². The number of hydrogen-bond acceptors (Lipinski definition) is 5. The Morgan fingerprint density at radius 2 is 2.05 bits per heavy atom. The number of nitrogens with zero attached hydrogens (tertiary/aromatic N) is 1. The first-order valence-corrected chi connectivity index (χ1v) is 9.02. The summed E-state index contributed by atoms with van der Waals surface area (Å²) in [7, 11) is -3.45. The molecule has 0 aliphatic rings. The van der Waals surface area contributed by atoms with Gasteiger partial charge in [-0.15, -0.1) is 11.3 Å². The Morgan fingerprint density at radius 1 is 1.33 bits per heavy atom. The van der Waals surface area contributed by atoms with Gasteiger partial charge in [0.05, 0.1) is 21.9 Å². The molecule has 1 amide bonds. The fourth-order valence-corrected chi connectivity index (χ4v) is 4.10. The molecule has 1 aromatic carbocycles. The van der Waals surface area contributed by atoms with Crippen LogP contribution in [0, 0.1) is 6.92 Å². The van der Waals surface area contributed by atoms with E-state index in [-0.39, 0.29) is 16.2 Å². The van der Waals surface area contributed by atoms with E-state index in [2.05, 4.69) is 10.3 Å². The second kappa shape index (κ2) is 6.36. The van der Waals surface area contributed by atoms with Gasteiger partial charge in [0, 0.05) is 5.38 Å². The molecule has 1 N–H and O–H groups in total. The number of thiazole rings is 1. The fraction of sp³-hybridized carbons (Fsp3) is 0.286. The van der Waals surface area contributed by atoms with Crippen LogP contribution in [0.4, 0.5) is 5.13 Å². The van der Waals surface area contributed by atoms with E-state index in [1.54, 1.807) is 19.1 Å². The van der Waals surface area contributed by atoms with E-state index < -0.39 is 15.7 Å². The topological polar surface area (TPSA) is 76.1 Å². The number of aromatic nitrogens is 1. The van der Waals surface area contributed by atoms with Gasteiger partial charge < -0.3 is 0 Å². The number of nitrogens with one attached hydrogen (secondary N) is 1. The third kappa shape index (κ3) is 3.68. The molecule has 0 atom stereocenters. The maximum atomic E-state index is 12.3. The number of sulfone groups is 1. The molecule has 112 valence electrons. The molecule has 2 aromatic rings. The Balaban J connectivity index is 2.34. The van der Waals surface area contributed by atoms with E-state index >= 15 is 0 Å². The van der Waals surface area contributed by atoms with E-state index in [0.717, 1.165) is 5.69 Å². The van der Waals surface area contributed by atoms with Crippen molar-refractivity contribution >= 4 is 32.2 Å². The van der Waals surface area contributed by atoms with Crippen LogP contribution in [-0.2, 0) is 9.84 Å². The van der Waals surface area contributed by atoms with E-state index in [4.69, 9.17) is 0 Å². The van der Waals surface area contributed by atoms with Gasteiger partial charge in [0.15, 0.2) is 15.0 Å². The van der Waals surface area contributed by atoms with Crippen LogP contribution < -0.4 is 5.32 Å². The first-order chi connectivity index (χ1) is 9.94. The summed E-state index contributed by atoms with van der Waals surface area (Å²) in [6, 6.07) is 6.24. The molecule has 2 rings (SSSR count). The molecule has 1 heterocycles. The summed E-state index contributed by atoms with van der Waals surface area (Å²) in [4.78, 5) is 16.5. The molecule has 0 aliphatic carbocycles. The standard InChI is InChI=1S/C14H16N2O3S2/c1-3-8-21(18,19)12-7-5-4-6-11(12)13(17)16-14-15-10(2)9-20-14/h4-7,9H,3,8H2,1-2H3,(H,15,16,17). The summed E-state index contributed by atoms with van der Waals surface area (Å²) < 4.78 is 24.4. The van der Waals surface area contributed by atoms with E-state index in [1.807, 2.05) is 12.3 Å². The molecule has 0 saturated heterocycles. The van der Waals surface area contributed by atoms with E-state index in [9.17, 15) is 13.2 Å². The van der Waals surface area contributed by atoms with Crippen molar-refractivity contribution in [1.29, 1.82) is 0 Å². The highest BCUT2D eigenvalue weighted by Gasteiger charge is 2.21. The van der Waals surface area contributed by atoms with Gasteiger partial charge in [0.2, 0.25) is 0 Å². The van der Waals surface area contributed by atoms with Gasteiger partial charge in [-0.05, 0) is 25.5 Å². The lowest BCUT2D eigenvalue weighted by Crippen LogP contribution is -2.17. The van der Waals surface area contributed by atoms with Gasteiger partial charge >= 0.3 is 0 Å². The normalized spacial score (nSPS) is 11.3. The van der Waals surface area contributed by atoms with Crippen LogP contribution in [0.25, 0.3) is 0 Å². The number of carbonyl (C=O) groups excluding carboxylic acids is 1. The van der Waals surface area contributed by atoms with Crippen molar-refractivity contribution in [2.75, 3.05) is 11.1 Å². The summed E-state index contributed by atoms with van der Waals surface area (Å²) in [6.07, 6.45) is 0.504. The number of aryl methyl sites for hydroxylation is 1. The number of anilines is 1. The van der Waals surface area contributed by atoms with Crippen molar-refractivity contribution in [2.24, 2.45) is 0 Å². The maximum absolute atomic E-state index is 12.3. The monoisotopic (exact) mass is 324 g/mol. The number of rotatable bonds is 5. The average Bonchev–Trinajstić information content (AvgIpc) is 2.84. The average molecular weight is 324 g/mol. The number of amides is 1. The molecule has 0 bridgehead atoms. The third-order valence-electron chi connectivity index (χ3n) is 2.78. The molecule has 21 heavy (non-hydrogen) atoms. The van der Waals surface area contributed by atoms with Crippen LogP contribution in [0.1, 0.15) is 29.4 Å². The van der Waals surface area contributed by atoms with E-state index in [1.165, 1.54) is 23.5 Å². The van der Waals surface area contributed by atoms with Crippen LogP contribution in [0.2, 0.25) is 0 Å². The predicted molar refractivity (Wildman–Crippen MR) is 83.6 cm³/mol. The minimum absolute atomic E-state index is 0.0215. The Bertz CT molecular complexity index is 751. The summed E-state index contributed by atoms with van der Waals surface area (Å²) in [5.41, 5.74) is 0.959. The SMILES string of the molecule is CCCS(=O)(=O)c1ccccc1C(=O)Nc1nc(C)cs1. The highest BCUT2D eigenvalue weighted by atomic mass is 32.2. The van der Waals surface area contributed by atoms with Gasteiger partial charge in [0.25, 0.3) is 5.91 Å². The minimum atomic E-state index is -3.45. The molecule has 0 fully saturated rings. The minimum Gasteiger partial charge on any atom is -0.298 e. The van der Waals surface area contributed by atoms with Gasteiger partial charge in [-0.2, -0.15) is 0 Å². The second-order valence-corrected chi connectivity index (χ2v) is 7.50. The molecule has 0 radical (unpaired) electrons. The quantitative estimate of drug-likeness (QED) is 0.917. The lowest BCUT2D eigenvalue weighted by Gasteiger charge is -2.09. The number of carbonyl (C=O) groups is 1. The Hall–Kier alpha value is -1.73. The van der Waals surface area contributed by atoms with Crippen LogP contribution in [-0.4, -0.2) is 25.1 Å². The lowest BCUT2D eigenvalue weighted by atomic mass is 10.2. The largest absolute Gasteiger partial charge is 0.298 e. The van der Waals surface area contributed by atoms with Crippen molar-refractivity contribution in [2.45, 2.75) is 25.2 Å². The first-order valence-electron chi connectivity index (χ1n) is 6.49. The molecule has 1 aromatic heterocycles. The third-order valence-corrected chi connectivity index (χ3v) is 5.63. The molecule has 0 aliphatic heterocycles. The first kappa shape index (κ1) is 15.7. The van der Waals surface area contributed by atoms with Gasteiger partial charge in [-0.3, -0.25) is 10.1 Å². The molecule has 0 saturated carbocycles. The van der Waals surface area contributed by atoms with Crippen LogP contribution >= 0.6 is 11.3 Å². The van der Waals surface area contributed by atoms with Crippen LogP contribution in [0.15, 0.2) is 34.5 Å². The molecule has 7 heteroatoms. The van der Waals surface area contributed by atoms with E-state index in [0.29, 0.717) is 11.6 Å². The van der Waals surface area contributed by atoms with Crippen molar-refractivity contribution in [3.63, 3.8) is 0 Å². The van der Waals surface area contributed by atoms with Gasteiger partial charge in [-0.25, -0.2) is 13.4 Å². The number of benzene rings is 1. The summed E-state index contributed by atoms with van der Waals surface area (Å²) in [6.45, 7) is 3.62. The lowest BCUT2D eigenvalue weighted by molar-refractivity contribution is 0.102. The fourth-order valence-electron chi connectivity index (χ4n) is 1.88. The molecule has 0 unspecified atom stereocenters. The van der Waals surface area contributed by atoms with Crippen molar-refractivity contribution in [1.82, 2.24) is 4.98 Å². The van der Waals surface area contributed by atoms with Crippen LogP contribution in [0.3, 0.4) is 0 Å².